The van der Waals surface area contributed by atoms with E-state index in [2.05, 4.69) is 20.9 Å². The van der Waals surface area contributed by atoms with Crippen molar-refractivity contribution in [2.45, 2.75) is 115 Å². The molecule has 6 nitrogen and oxygen atoms in total. The maximum absolute atomic E-state index is 13.0. The molecule has 37 heavy (non-hydrogen) atoms. The van der Waals surface area contributed by atoms with Gasteiger partial charge in [-0.15, -0.1) is 0 Å². The molecule has 0 aromatic carbocycles. The van der Waals surface area contributed by atoms with E-state index in [0.29, 0.717) is 17.9 Å². The van der Waals surface area contributed by atoms with Gasteiger partial charge in [-0.05, 0) is 113 Å². The molecule has 5 aliphatic rings. The fourth-order valence-corrected chi connectivity index (χ4v) is 8.88. The van der Waals surface area contributed by atoms with E-state index < -0.39 is 0 Å². The van der Waals surface area contributed by atoms with Crippen LogP contribution in [-0.4, -0.2) is 62.3 Å². The average molecular weight is 516 g/mol. The van der Waals surface area contributed by atoms with Gasteiger partial charge in [-0.1, -0.05) is 25.7 Å². The van der Waals surface area contributed by atoms with Crippen LogP contribution >= 0.6 is 0 Å². The second-order valence-corrected chi connectivity index (χ2v) is 13.6. The highest BCUT2D eigenvalue weighted by Gasteiger charge is 2.42. The molecular weight excluding hydrogens is 458 g/mol. The predicted molar refractivity (Wildman–Crippen MR) is 152 cm³/mol. The molecule has 0 radical (unpaired) electrons. The first-order valence-electron chi connectivity index (χ1n) is 16.4. The second kappa shape index (κ2) is 14.1. The minimum absolute atomic E-state index is 0.252. The largest absolute Gasteiger partial charge is 0.356 e. The van der Waals surface area contributed by atoms with Gasteiger partial charge in [0.15, 0.2) is 0 Å². The van der Waals surface area contributed by atoms with Crippen LogP contribution in [0, 0.1) is 35.5 Å². The van der Waals surface area contributed by atoms with E-state index in [0.717, 1.165) is 75.4 Å². The summed E-state index contributed by atoms with van der Waals surface area (Å²) in [6.45, 7) is 6.07. The Hall–Kier alpha value is -0.690. The van der Waals surface area contributed by atoms with E-state index in [1.54, 1.807) is 0 Å². The average Bonchev–Trinajstić information content (AvgIpc) is 3.35. The minimum atomic E-state index is 0.252. The van der Waals surface area contributed by atoms with Gasteiger partial charge in [-0.3, -0.25) is 15.0 Å². The second-order valence-electron chi connectivity index (χ2n) is 13.6. The molecule has 0 bridgehead atoms. The number of amides is 1. The van der Waals surface area contributed by atoms with Crippen molar-refractivity contribution in [2.75, 3.05) is 39.4 Å². The number of hydrogen-bond donors (Lipinski definition) is 4. The summed E-state index contributed by atoms with van der Waals surface area (Å²) in [6.07, 6.45) is 21.3. The number of nitrogens with two attached hydrogens (primary N) is 1. The van der Waals surface area contributed by atoms with Crippen LogP contribution in [0.1, 0.15) is 103 Å². The Balaban J connectivity index is 1.06. The van der Waals surface area contributed by atoms with Gasteiger partial charge in [0.1, 0.15) is 0 Å². The van der Waals surface area contributed by atoms with E-state index in [9.17, 15) is 4.79 Å². The zero-order chi connectivity index (χ0) is 25.5. The normalized spacial score (nSPS) is 37.8. The maximum atomic E-state index is 13.0. The van der Waals surface area contributed by atoms with E-state index in [-0.39, 0.29) is 5.92 Å². The molecule has 6 heteroatoms. The van der Waals surface area contributed by atoms with Crippen LogP contribution in [-0.2, 0) is 4.79 Å². The Labute approximate surface area is 227 Å². The van der Waals surface area contributed by atoms with Crippen LogP contribution in [0.3, 0.4) is 0 Å². The third-order valence-electron chi connectivity index (χ3n) is 11.1. The first-order valence-corrected chi connectivity index (χ1v) is 16.4. The Morgan fingerprint density at radius 2 is 1.54 bits per heavy atom. The molecule has 5 N–H and O–H groups in total. The molecule has 4 saturated carbocycles. The third kappa shape index (κ3) is 7.70. The van der Waals surface area contributed by atoms with Gasteiger partial charge in [0, 0.05) is 50.8 Å². The molecule has 5 fully saturated rings. The summed E-state index contributed by atoms with van der Waals surface area (Å²) in [5.74, 6) is 4.76. The van der Waals surface area contributed by atoms with Gasteiger partial charge < -0.3 is 16.4 Å². The molecule has 212 valence electrons. The summed E-state index contributed by atoms with van der Waals surface area (Å²) in [4.78, 5) is 15.8. The van der Waals surface area contributed by atoms with Crippen LogP contribution < -0.4 is 21.7 Å². The highest BCUT2D eigenvalue weighted by molar-refractivity contribution is 5.78. The maximum Gasteiger partial charge on any atom is 0.223 e. The molecule has 0 spiro atoms. The van der Waals surface area contributed by atoms with Gasteiger partial charge in [0.2, 0.25) is 5.91 Å². The lowest BCUT2D eigenvalue weighted by Crippen LogP contribution is -2.45. The summed E-state index contributed by atoms with van der Waals surface area (Å²) in [5.41, 5.74) is 5.64. The number of hydrogen-bond acceptors (Lipinski definition) is 5. The summed E-state index contributed by atoms with van der Waals surface area (Å²) in [7, 11) is 0. The van der Waals surface area contributed by atoms with Crippen LogP contribution in [0.15, 0.2) is 0 Å². The van der Waals surface area contributed by atoms with Crippen molar-refractivity contribution in [3.63, 3.8) is 0 Å². The zero-order valence-corrected chi connectivity index (χ0v) is 23.6. The van der Waals surface area contributed by atoms with Crippen molar-refractivity contribution in [3.8, 4) is 0 Å². The van der Waals surface area contributed by atoms with Crippen LogP contribution in [0.4, 0.5) is 0 Å². The fourth-order valence-electron chi connectivity index (χ4n) is 8.88. The van der Waals surface area contributed by atoms with Crippen molar-refractivity contribution in [3.05, 3.63) is 0 Å². The van der Waals surface area contributed by atoms with Crippen molar-refractivity contribution >= 4 is 5.91 Å². The Morgan fingerprint density at radius 3 is 2.35 bits per heavy atom. The summed E-state index contributed by atoms with van der Waals surface area (Å²) < 4.78 is 0. The lowest BCUT2D eigenvalue weighted by molar-refractivity contribution is -0.126. The molecule has 0 aromatic heterocycles. The number of carbonyl (C=O) groups excluding carboxylic acids is 1. The molecule has 4 aliphatic carbocycles. The monoisotopic (exact) mass is 515 g/mol. The van der Waals surface area contributed by atoms with Gasteiger partial charge in [0.25, 0.3) is 0 Å². The first kappa shape index (κ1) is 27.9. The van der Waals surface area contributed by atoms with E-state index in [1.807, 2.05) is 0 Å². The molecule has 1 saturated heterocycles. The number of nitrogens with zero attached hydrogens (tertiary/aromatic N) is 1. The highest BCUT2D eigenvalue weighted by atomic mass is 16.1. The summed E-state index contributed by atoms with van der Waals surface area (Å²) in [5, 5.41) is 10.8. The van der Waals surface area contributed by atoms with Crippen LogP contribution in [0.2, 0.25) is 0 Å². The smallest absolute Gasteiger partial charge is 0.223 e. The molecule has 5 atom stereocenters. The van der Waals surface area contributed by atoms with E-state index in [4.69, 9.17) is 5.73 Å². The van der Waals surface area contributed by atoms with Gasteiger partial charge >= 0.3 is 0 Å². The lowest BCUT2D eigenvalue weighted by atomic mass is 9.69. The molecule has 5 unspecified atom stereocenters. The van der Waals surface area contributed by atoms with E-state index in [1.165, 1.54) is 96.4 Å². The lowest BCUT2D eigenvalue weighted by Gasteiger charge is -2.42. The number of fused-ring (bicyclic) bond motifs is 1. The molecule has 5 rings (SSSR count). The standard InChI is InChI=1S/C31H57N5O/c32-15-16-33-19-24-9-11-26(12-10-24)27-13-14-29-30(18-27)36(22-35-29)21-25-7-4-8-28(17-25)31(37)34-20-23-5-2-1-3-6-23/h23-30,33,35H,1-22,32H2,(H,34,37). The Morgan fingerprint density at radius 1 is 0.784 bits per heavy atom. The third-order valence-corrected chi connectivity index (χ3v) is 11.1. The van der Waals surface area contributed by atoms with Gasteiger partial charge in [0.05, 0.1) is 0 Å². The van der Waals surface area contributed by atoms with Crippen molar-refractivity contribution < 1.29 is 4.79 Å². The summed E-state index contributed by atoms with van der Waals surface area (Å²) >= 11 is 0. The number of carbonyl (C=O) groups is 1. The quantitative estimate of drug-likeness (QED) is 0.327. The Kier molecular flexibility index (Phi) is 10.6. The fraction of sp³-hybridized carbons (Fsp3) is 0.968. The van der Waals surface area contributed by atoms with Crippen molar-refractivity contribution in [1.29, 1.82) is 0 Å². The number of nitrogens with one attached hydrogen (secondary N) is 3. The topological polar surface area (TPSA) is 82.4 Å². The highest BCUT2D eigenvalue weighted by Crippen LogP contribution is 2.42. The zero-order valence-electron chi connectivity index (χ0n) is 23.6. The molecule has 0 aromatic rings. The first-order chi connectivity index (χ1) is 18.2. The van der Waals surface area contributed by atoms with Crippen LogP contribution in [0.25, 0.3) is 0 Å². The Bertz CT molecular complexity index is 689. The molecule has 1 amide bonds. The molecule has 1 aliphatic heterocycles. The van der Waals surface area contributed by atoms with Gasteiger partial charge in [-0.2, -0.15) is 0 Å². The molecule has 1 heterocycles. The minimum Gasteiger partial charge on any atom is -0.356 e. The SMILES string of the molecule is NCCNCC1CCC(C2CCC3NCN(CC4CCCC(C(=O)NCC5CCCCC5)C4)C3C2)CC1. The van der Waals surface area contributed by atoms with Crippen molar-refractivity contribution in [2.24, 2.45) is 41.2 Å². The van der Waals surface area contributed by atoms with Crippen LogP contribution in [0.5, 0.6) is 0 Å². The van der Waals surface area contributed by atoms with E-state index >= 15 is 0 Å². The van der Waals surface area contributed by atoms with Gasteiger partial charge in [-0.25, -0.2) is 0 Å². The summed E-state index contributed by atoms with van der Waals surface area (Å²) in [6, 6.07) is 1.43. The number of rotatable bonds is 10. The molecular formula is C31H57N5O. The predicted octanol–water partition coefficient (Wildman–Crippen LogP) is 4.24. The van der Waals surface area contributed by atoms with Crippen molar-refractivity contribution in [1.82, 2.24) is 20.9 Å².